The maximum atomic E-state index is 11.8. The average Bonchev–Trinajstić information content (AvgIpc) is 2.42. The molecule has 0 unspecified atom stereocenters. The summed E-state index contributed by atoms with van der Waals surface area (Å²) in [5, 5.41) is 10.5. The molecular formula is C14H14BrN3O2. The molecule has 0 atom stereocenters. The number of para-hydroxylation sites is 1. The van der Waals surface area contributed by atoms with E-state index in [9.17, 15) is 4.79 Å². The molecule has 1 amide bonds. The molecule has 0 aliphatic heterocycles. The summed E-state index contributed by atoms with van der Waals surface area (Å²) in [5.41, 5.74) is 1.81. The lowest BCUT2D eigenvalue weighted by Gasteiger charge is -2.08. The van der Waals surface area contributed by atoms with E-state index in [2.05, 4.69) is 31.4 Å². The molecule has 1 heterocycles. The number of benzene rings is 1. The van der Waals surface area contributed by atoms with E-state index in [1.165, 1.54) is 0 Å². The van der Waals surface area contributed by atoms with E-state index in [0.717, 1.165) is 15.7 Å². The third-order valence-electron chi connectivity index (χ3n) is 2.69. The third-order valence-corrected chi connectivity index (χ3v) is 3.35. The molecule has 0 aliphatic carbocycles. The molecule has 20 heavy (non-hydrogen) atoms. The normalized spacial score (nSPS) is 10.2. The van der Waals surface area contributed by atoms with E-state index in [1.807, 2.05) is 32.0 Å². The van der Waals surface area contributed by atoms with Crippen LogP contribution in [0.3, 0.4) is 0 Å². The van der Waals surface area contributed by atoms with Gasteiger partial charge in [0.25, 0.3) is 5.91 Å². The number of aromatic nitrogens is 2. The molecule has 104 valence electrons. The maximum Gasteiger partial charge on any atom is 0.263 e. The zero-order valence-electron chi connectivity index (χ0n) is 11.2. The number of hydrogen-bond acceptors (Lipinski definition) is 4. The number of rotatable bonds is 4. The van der Waals surface area contributed by atoms with Crippen LogP contribution in [0.25, 0.3) is 0 Å². The molecule has 0 spiro atoms. The van der Waals surface area contributed by atoms with Gasteiger partial charge in [-0.1, -0.05) is 12.1 Å². The number of nitrogens with one attached hydrogen (secondary N) is 1. The Balaban J connectivity index is 1.93. The van der Waals surface area contributed by atoms with Crippen molar-refractivity contribution in [3.05, 3.63) is 46.1 Å². The smallest absolute Gasteiger partial charge is 0.263 e. The molecule has 2 rings (SSSR count). The maximum absolute atomic E-state index is 11.8. The minimum atomic E-state index is -0.279. The Morgan fingerprint density at radius 2 is 2.05 bits per heavy atom. The van der Waals surface area contributed by atoms with Gasteiger partial charge in [0.05, 0.1) is 10.2 Å². The first-order chi connectivity index (χ1) is 9.56. The fourth-order valence-electron chi connectivity index (χ4n) is 1.49. The van der Waals surface area contributed by atoms with Crippen molar-refractivity contribution in [1.82, 2.24) is 10.2 Å². The molecule has 2 aromatic rings. The van der Waals surface area contributed by atoms with Gasteiger partial charge >= 0.3 is 0 Å². The molecule has 0 aliphatic rings. The second-order valence-corrected chi connectivity index (χ2v) is 5.12. The average molecular weight is 336 g/mol. The van der Waals surface area contributed by atoms with E-state index in [0.29, 0.717) is 11.6 Å². The van der Waals surface area contributed by atoms with Crippen LogP contribution in [-0.2, 0) is 4.79 Å². The molecular weight excluding hydrogens is 322 g/mol. The summed E-state index contributed by atoms with van der Waals surface area (Å²) in [5.74, 6) is 0.765. The highest BCUT2D eigenvalue weighted by atomic mass is 79.9. The van der Waals surface area contributed by atoms with Crippen LogP contribution in [0.4, 0.5) is 5.82 Å². The summed E-state index contributed by atoms with van der Waals surface area (Å²) in [6.45, 7) is 3.69. The summed E-state index contributed by atoms with van der Waals surface area (Å²) >= 11 is 3.35. The van der Waals surface area contributed by atoms with Crippen molar-refractivity contribution in [3.8, 4) is 5.75 Å². The predicted octanol–water partition coefficient (Wildman–Crippen LogP) is 2.87. The van der Waals surface area contributed by atoms with Crippen molar-refractivity contribution in [2.24, 2.45) is 0 Å². The van der Waals surface area contributed by atoms with Crippen LogP contribution in [0.2, 0.25) is 0 Å². The fraction of sp³-hybridized carbons (Fsp3) is 0.214. The highest BCUT2D eigenvalue weighted by Crippen LogP contribution is 2.23. The highest BCUT2D eigenvalue weighted by molar-refractivity contribution is 9.10. The number of hydrogen-bond donors (Lipinski definition) is 1. The second-order valence-electron chi connectivity index (χ2n) is 4.27. The van der Waals surface area contributed by atoms with Gasteiger partial charge < -0.3 is 10.1 Å². The van der Waals surface area contributed by atoms with E-state index < -0.39 is 0 Å². The summed E-state index contributed by atoms with van der Waals surface area (Å²) in [6.07, 6.45) is 0. The number of nitrogens with zero attached hydrogens (tertiary/aromatic N) is 2. The van der Waals surface area contributed by atoms with Gasteiger partial charge in [-0.15, -0.1) is 5.10 Å². The lowest BCUT2D eigenvalue weighted by Crippen LogP contribution is -2.21. The van der Waals surface area contributed by atoms with E-state index in [4.69, 9.17) is 4.74 Å². The SMILES string of the molecule is Cc1cc(NC(=O)COc2ccccc2Br)nnc1C. The van der Waals surface area contributed by atoms with E-state index in [-0.39, 0.29) is 12.5 Å². The Morgan fingerprint density at radius 3 is 2.75 bits per heavy atom. The first-order valence-corrected chi connectivity index (χ1v) is 6.83. The molecule has 1 aromatic heterocycles. The summed E-state index contributed by atoms with van der Waals surface area (Å²) in [6, 6.07) is 9.13. The molecule has 6 heteroatoms. The van der Waals surface area contributed by atoms with Gasteiger partial charge in [0.15, 0.2) is 12.4 Å². The molecule has 1 N–H and O–H groups in total. The number of amides is 1. The molecule has 0 radical (unpaired) electrons. The fourth-order valence-corrected chi connectivity index (χ4v) is 1.89. The van der Waals surface area contributed by atoms with Crippen LogP contribution >= 0.6 is 15.9 Å². The van der Waals surface area contributed by atoms with Gasteiger partial charge in [0.1, 0.15) is 5.75 Å². The van der Waals surface area contributed by atoms with Gasteiger partial charge in [-0.3, -0.25) is 4.79 Å². The number of anilines is 1. The van der Waals surface area contributed by atoms with Crippen molar-refractivity contribution < 1.29 is 9.53 Å². The van der Waals surface area contributed by atoms with Crippen molar-refractivity contribution in [2.75, 3.05) is 11.9 Å². The lowest BCUT2D eigenvalue weighted by molar-refractivity contribution is -0.118. The zero-order chi connectivity index (χ0) is 14.5. The minimum Gasteiger partial charge on any atom is -0.483 e. The van der Waals surface area contributed by atoms with E-state index in [1.54, 1.807) is 12.1 Å². The Hall–Kier alpha value is -1.95. The Labute approximate surface area is 125 Å². The van der Waals surface area contributed by atoms with Crippen LogP contribution in [0.5, 0.6) is 5.75 Å². The zero-order valence-corrected chi connectivity index (χ0v) is 12.8. The molecule has 0 fully saturated rings. The van der Waals surface area contributed by atoms with Crippen LogP contribution in [-0.4, -0.2) is 22.7 Å². The van der Waals surface area contributed by atoms with Gasteiger partial charge in [0, 0.05) is 0 Å². The van der Waals surface area contributed by atoms with Crippen LogP contribution in [0.1, 0.15) is 11.3 Å². The number of halogens is 1. The van der Waals surface area contributed by atoms with Crippen LogP contribution < -0.4 is 10.1 Å². The molecule has 0 saturated carbocycles. The summed E-state index contributed by atoms with van der Waals surface area (Å²) < 4.78 is 6.22. The first-order valence-electron chi connectivity index (χ1n) is 6.04. The van der Waals surface area contributed by atoms with Gasteiger partial charge in [-0.25, -0.2) is 0 Å². The second kappa shape index (κ2) is 6.47. The van der Waals surface area contributed by atoms with Gasteiger partial charge in [0.2, 0.25) is 0 Å². The van der Waals surface area contributed by atoms with Crippen molar-refractivity contribution >= 4 is 27.7 Å². The topological polar surface area (TPSA) is 64.1 Å². The Morgan fingerprint density at radius 1 is 1.30 bits per heavy atom. The standard InChI is InChI=1S/C14H14BrN3O2/c1-9-7-13(18-17-10(9)2)16-14(19)8-20-12-6-4-3-5-11(12)15/h3-7H,8H2,1-2H3,(H,16,18,19). The minimum absolute atomic E-state index is 0.0861. The number of aryl methyl sites for hydroxylation is 2. The van der Waals surface area contributed by atoms with Gasteiger partial charge in [-0.2, -0.15) is 5.10 Å². The Kier molecular flexibility index (Phi) is 4.68. The van der Waals surface area contributed by atoms with Crippen LogP contribution in [0, 0.1) is 13.8 Å². The van der Waals surface area contributed by atoms with E-state index >= 15 is 0 Å². The van der Waals surface area contributed by atoms with Crippen molar-refractivity contribution in [2.45, 2.75) is 13.8 Å². The number of ether oxygens (including phenoxy) is 1. The summed E-state index contributed by atoms with van der Waals surface area (Å²) in [4.78, 5) is 11.8. The quantitative estimate of drug-likeness (QED) is 0.932. The van der Waals surface area contributed by atoms with Crippen molar-refractivity contribution in [3.63, 3.8) is 0 Å². The first kappa shape index (κ1) is 14.5. The molecule has 1 aromatic carbocycles. The molecule has 0 bridgehead atoms. The highest BCUT2D eigenvalue weighted by Gasteiger charge is 2.07. The predicted molar refractivity (Wildman–Crippen MR) is 79.8 cm³/mol. The summed E-state index contributed by atoms with van der Waals surface area (Å²) in [7, 11) is 0. The monoisotopic (exact) mass is 335 g/mol. The third kappa shape index (κ3) is 3.77. The van der Waals surface area contributed by atoms with Crippen LogP contribution in [0.15, 0.2) is 34.8 Å². The Bertz CT molecular complexity index is 632. The van der Waals surface area contributed by atoms with Crippen molar-refractivity contribution in [1.29, 1.82) is 0 Å². The molecule has 0 saturated heterocycles. The lowest BCUT2D eigenvalue weighted by atomic mass is 10.2. The largest absolute Gasteiger partial charge is 0.483 e. The van der Waals surface area contributed by atoms with Gasteiger partial charge in [-0.05, 0) is 53.5 Å². The molecule has 5 nitrogen and oxygen atoms in total. The number of carbonyl (C=O) groups is 1. The number of carbonyl (C=O) groups excluding carboxylic acids is 1.